The highest BCUT2D eigenvalue weighted by Crippen LogP contribution is 2.24. The van der Waals surface area contributed by atoms with E-state index in [1.165, 1.54) is 5.56 Å². The van der Waals surface area contributed by atoms with Gasteiger partial charge in [-0.2, -0.15) is 0 Å². The van der Waals surface area contributed by atoms with Crippen LogP contribution in [0.2, 0.25) is 10.0 Å². The first-order chi connectivity index (χ1) is 13.8. The zero-order chi connectivity index (χ0) is 21.4. The average molecular weight is 435 g/mol. The summed E-state index contributed by atoms with van der Waals surface area (Å²) in [6, 6.07) is 12.8. The Morgan fingerprint density at radius 2 is 1.76 bits per heavy atom. The van der Waals surface area contributed by atoms with Crippen LogP contribution in [-0.4, -0.2) is 29.3 Å². The first-order valence-corrected chi connectivity index (χ1v) is 10.7. The minimum absolute atomic E-state index is 0.0744. The number of amides is 2. The van der Waals surface area contributed by atoms with Crippen molar-refractivity contribution in [3.8, 4) is 0 Å². The van der Waals surface area contributed by atoms with Gasteiger partial charge in [0.25, 0.3) is 0 Å². The molecule has 0 heterocycles. The number of benzene rings is 2. The van der Waals surface area contributed by atoms with Crippen LogP contribution in [0.15, 0.2) is 42.5 Å². The number of carbonyl (C=O) groups is 2. The van der Waals surface area contributed by atoms with Gasteiger partial charge in [-0.3, -0.25) is 9.59 Å². The van der Waals surface area contributed by atoms with Crippen molar-refractivity contribution in [3.63, 3.8) is 0 Å². The molecule has 0 aliphatic rings. The van der Waals surface area contributed by atoms with Gasteiger partial charge in [0.05, 0.1) is 0 Å². The zero-order valence-electron chi connectivity index (χ0n) is 17.2. The molecule has 2 amide bonds. The molecule has 1 atom stereocenters. The summed E-state index contributed by atoms with van der Waals surface area (Å²) in [4.78, 5) is 27.4. The molecule has 0 saturated carbocycles. The van der Waals surface area contributed by atoms with Crippen molar-refractivity contribution in [2.75, 3.05) is 6.54 Å². The van der Waals surface area contributed by atoms with Gasteiger partial charge in [0.2, 0.25) is 11.8 Å². The Hall–Kier alpha value is -2.04. The number of hydrogen-bond acceptors (Lipinski definition) is 2. The maximum Gasteiger partial charge on any atom is 0.242 e. The van der Waals surface area contributed by atoms with Crippen molar-refractivity contribution < 1.29 is 9.59 Å². The van der Waals surface area contributed by atoms with Crippen molar-refractivity contribution >= 4 is 35.0 Å². The van der Waals surface area contributed by atoms with Gasteiger partial charge in [-0.1, -0.05) is 66.0 Å². The van der Waals surface area contributed by atoms with Crippen molar-refractivity contribution in [1.82, 2.24) is 10.2 Å². The molecular weight excluding hydrogens is 407 g/mol. The van der Waals surface area contributed by atoms with E-state index in [0.29, 0.717) is 35.9 Å². The number of likely N-dealkylation sites (N-methyl/N-ethyl adjacent to an activating group) is 1. The van der Waals surface area contributed by atoms with Crippen LogP contribution in [0.25, 0.3) is 0 Å². The summed E-state index contributed by atoms with van der Waals surface area (Å²) < 4.78 is 0. The van der Waals surface area contributed by atoms with Crippen LogP contribution in [0.1, 0.15) is 43.4 Å². The van der Waals surface area contributed by atoms with Crippen LogP contribution < -0.4 is 5.32 Å². The third-order valence-corrected chi connectivity index (χ3v) is 5.43. The summed E-state index contributed by atoms with van der Waals surface area (Å²) in [6.07, 6.45) is 1.47. The van der Waals surface area contributed by atoms with E-state index in [1.807, 2.05) is 45.0 Å². The van der Waals surface area contributed by atoms with E-state index in [2.05, 4.69) is 5.32 Å². The van der Waals surface area contributed by atoms with E-state index in [1.54, 1.807) is 23.1 Å². The fourth-order valence-corrected chi connectivity index (χ4v) is 3.66. The Bertz CT molecular complexity index is 837. The molecule has 0 aliphatic heterocycles. The van der Waals surface area contributed by atoms with Gasteiger partial charge in [0.1, 0.15) is 6.04 Å². The van der Waals surface area contributed by atoms with Crippen LogP contribution in [0, 0.1) is 6.92 Å². The predicted octanol–water partition coefficient (Wildman–Crippen LogP) is 5.18. The van der Waals surface area contributed by atoms with Gasteiger partial charge >= 0.3 is 0 Å². The lowest BCUT2D eigenvalue weighted by Gasteiger charge is -2.31. The number of nitrogens with one attached hydrogen (secondary N) is 1. The molecule has 2 rings (SSSR count). The van der Waals surface area contributed by atoms with Crippen molar-refractivity contribution in [2.45, 2.75) is 52.6 Å². The number of aryl methyl sites for hydroxylation is 2. The minimum Gasteiger partial charge on any atom is -0.355 e. The van der Waals surface area contributed by atoms with Gasteiger partial charge in [-0.05, 0) is 49.9 Å². The fourth-order valence-electron chi connectivity index (χ4n) is 3.19. The molecule has 0 spiro atoms. The molecule has 0 aliphatic carbocycles. The van der Waals surface area contributed by atoms with Crippen LogP contribution in [0.3, 0.4) is 0 Å². The Labute approximate surface area is 183 Å². The van der Waals surface area contributed by atoms with Crippen molar-refractivity contribution in [2.24, 2.45) is 0 Å². The van der Waals surface area contributed by atoms with Crippen molar-refractivity contribution in [3.05, 3.63) is 69.2 Å². The molecule has 2 aromatic rings. The maximum absolute atomic E-state index is 13.2. The highest BCUT2D eigenvalue weighted by Gasteiger charge is 2.28. The van der Waals surface area contributed by atoms with Gasteiger partial charge < -0.3 is 10.2 Å². The molecule has 0 radical (unpaired) electrons. The summed E-state index contributed by atoms with van der Waals surface area (Å²) in [7, 11) is 0. The Kier molecular flexibility index (Phi) is 8.99. The largest absolute Gasteiger partial charge is 0.355 e. The molecule has 4 nitrogen and oxygen atoms in total. The van der Waals surface area contributed by atoms with E-state index in [0.717, 1.165) is 11.1 Å². The molecule has 0 bridgehead atoms. The van der Waals surface area contributed by atoms with Gasteiger partial charge in [0.15, 0.2) is 0 Å². The third kappa shape index (κ3) is 6.76. The topological polar surface area (TPSA) is 49.4 Å². The first kappa shape index (κ1) is 23.2. The maximum atomic E-state index is 13.2. The number of nitrogens with zero attached hydrogens (tertiary/aromatic N) is 1. The summed E-state index contributed by atoms with van der Waals surface area (Å²) in [6.45, 7) is 6.58. The predicted molar refractivity (Wildman–Crippen MR) is 119 cm³/mol. The Balaban J connectivity index is 2.22. The molecule has 0 fully saturated rings. The van der Waals surface area contributed by atoms with Crippen molar-refractivity contribution in [1.29, 1.82) is 0 Å². The molecule has 156 valence electrons. The van der Waals surface area contributed by atoms with Gasteiger partial charge in [-0.25, -0.2) is 0 Å². The first-order valence-electron chi connectivity index (χ1n) is 9.92. The summed E-state index contributed by atoms with van der Waals surface area (Å²) in [5.41, 5.74) is 3.04. The number of carbonyl (C=O) groups excluding carboxylic acids is 2. The quantitative estimate of drug-likeness (QED) is 0.590. The van der Waals surface area contributed by atoms with Crippen LogP contribution >= 0.6 is 23.2 Å². The highest BCUT2D eigenvalue weighted by molar-refractivity contribution is 6.35. The lowest BCUT2D eigenvalue weighted by atomic mass is 10.0. The zero-order valence-corrected chi connectivity index (χ0v) is 18.7. The van der Waals surface area contributed by atoms with E-state index in [9.17, 15) is 9.59 Å². The summed E-state index contributed by atoms with van der Waals surface area (Å²) in [5.74, 6) is -0.224. The smallest absolute Gasteiger partial charge is 0.242 e. The summed E-state index contributed by atoms with van der Waals surface area (Å²) in [5, 5.41) is 3.85. The van der Waals surface area contributed by atoms with E-state index in [-0.39, 0.29) is 18.4 Å². The number of hydrogen-bond donors (Lipinski definition) is 1. The second kappa shape index (κ2) is 11.2. The Morgan fingerprint density at radius 1 is 1.07 bits per heavy atom. The highest BCUT2D eigenvalue weighted by atomic mass is 35.5. The van der Waals surface area contributed by atoms with E-state index < -0.39 is 6.04 Å². The minimum atomic E-state index is -0.549. The van der Waals surface area contributed by atoms with Crippen LogP contribution in [0.5, 0.6) is 0 Å². The second-order valence-corrected chi connectivity index (χ2v) is 7.91. The van der Waals surface area contributed by atoms with Crippen LogP contribution in [0.4, 0.5) is 0 Å². The van der Waals surface area contributed by atoms with Gasteiger partial charge in [-0.15, -0.1) is 0 Å². The lowest BCUT2D eigenvalue weighted by molar-refractivity contribution is -0.141. The Morgan fingerprint density at radius 3 is 2.34 bits per heavy atom. The van der Waals surface area contributed by atoms with E-state index in [4.69, 9.17) is 23.2 Å². The molecule has 1 N–H and O–H groups in total. The SMILES string of the molecule is CCNC(=O)[C@H](CC)N(Cc1ccc(Cl)cc1Cl)C(=O)CCc1ccc(C)cc1. The molecule has 29 heavy (non-hydrogen) atoms. The van der Waals surface area contributed by atoms with Gasteiger partial charge in [0, 0.05) is 29.6 Å². The summed E-state index contributed by atoms with van der Waals surface area (Å²) >= 11 is 12.3. The molecule has 2 aromatic carbocycles. The molecule has 0 unspecified atom stereocenters. The number of rotatable bonds is 9. The lowest BCUT2D eigenvalue weighted by Crippen LogP contribution is -2.49. The average Bonchev–Trinajstić information content (AvgIpc) is 2.69. The normalized spacial score (nSPS) is 11.8. The third-order valence-electron chi connectivity index (χ3n) is 4.84. The standard InChI is InChI=1S/C23H28Cl2N2O2/c1-4-21(23(29)26-5-2)27(15-18-11-12-19(24)14-20(18)25)22(28)13-10-17-8-6-16(3)7-9-17/h6-9,11-12,14,21H,4-5,10,13,15H2,1-3H3,(H,26,29)/t21-/m0/s1. The van der Waals surface area contributed by atoms with E-state index >= 15 is 0 Å². The van der Waals surface area contributed by atoms with Crippen LogP contribution in [-0.2, 0) is 22.6 Å². The molecule has 0 aromatic heterocycles. The fraction of sp³-hybridized carbons (Fsp3) is 0.391. The monoisotopic (exact) mass is 434 g/mol. The molecular formula is C23H28Cl2N2O2. The molecule has 6 heteroatoms. The molecule has 0 saturated heterocycles. The second-order valence-electron chi connectivity index (χ2n) is 7.06. The number of halogens is 2.